The summed E-state index contributed by atoms with van der Waals surface area (Å²) < 4.78 is 18.3. The molecular formula is C30H34BN3O4. The minimum Gasteiger partial charge on any atom is -0.449 e. The summed E-state index contributed by atoms with van der Waals surface area (Å²) in [5.41, 5.74) is 8.87. The summed E-state index contributed by atoms with van der Waals surface area (Å²) in [7, 11) is -0.610. The maximum atomic E-state index is 12.9. The predicted octanol–water partition coefficient (Wildman–Crippen LogP) is 5.53. The van der Waals surface area contributed by atoms with E-state index in [4.69, 9.17) is 19.9 Å². The Morgan fingerprint density at radius 1 is 0.921 bits per heavy atom. The normalized spacial score (nSPS) is 17.6. The number of anilines is 1. The molecule has 4 N–H and O–H groups in total. The first-order valence-electron chi connectivity index (χ1n) is 12.9. The molecule has 2 aliphatic rings. The molecule has 0 bridgehead atoms. The summed E-state index contributed by atoms with van der Waals surface area (Å²) in [6, 6.07) is 24.2. The molecule has 0 spiro atoms. The van der Waals surface area contributed by atoms with Crippen molar-refractivity contribution < 1.29 is 18.8 Å². The average molecular weight is 511 g/mol. The Hall–Kier alpha value is -3.59. The van der Waals surface area contributed by atoms with Crippen molar-refractivity contribution in [2.45, 2.75) is 44.8 Å². The van der Waals surface area contributed by atoms with Gasteiger partial charge in [-0.05, 0) is 73.1 Å². The van der Waals surface area contributed by atoms with Gasteiger partial charge in [0.15, 0.2) is 0 Å². The molecule has 8 heteroatoms. The van der Waals surface area contributed by atoms with Gasteiger partial charge in [0.25, 0.3) is 0 Å². The Kier molecular flexibility index (Phi) is 7.05. The number of nitrogens with one attached hydrogen (secondary N) is 2. The van der Waals surface area contributed by atoms with Gasteiger partial charge < -0.3 is 24.8 Å². The fraction of sp³-hybridized carbons (Fsp3) is 0.300. The Morgan fingerprint density at radius 3 is 2.03 bits per heavy atom. The van der Waals surface area contributed by atoms with Gasteiger partial charge in [-0.2, -0.15) is 0 Å². The van der Waals surface area contributed by atoms with E-state index in [0.717, 1.165) is 16.7 Å². The lowest BCUT2D eigenvalue weighted by Gasteiger charge is -2.32. The highest BCUT2D eigenvalue weighted by Crippen LogP contribution is 2.44. The number of ether oxygens (including phenoxy) is 1. The maximum absolute atomic E-state index is 12.9. The first-order chi connectivity index (χ1) is 18.2. The summed E-state index contributed by atoms with van der Waals surface area (Å²) in [5, 5.41) is 2.91. The Morgan fingerprint density at radius 2 is 1.47 bits per heavy atom. The van der Waals surface area contributed by atoms with Crippen LogP contribution in [0.3, 0.4) is 0 Å². The summed E-state index contributed by atoms with van der Waals surface area (Å²) in [6.45, 7) is 8.49. The fourth-order valence-electron chi connectivity index (χ4n) is 4.91. The van der Waals surface area contributed by atoms with Crippen LogP contribution in [0, 0.1) is 0 Å². The van der Waals surface area contributed by atoms with E-state index >= 15 is 0 Å². The number of alkyl carbamates (subject to hydrolysis) is 1. The maximum Gasteiger partial charge on any atom is 0.492 e. The zero-order valence-corrected chi connectivity index (χ0v) is 22.3. The molecule has 0 unspecified atom stereocenters. The lowest BCUT2D eigenvalue weighted by Crippen LogP contribution is -2.41. The third-order valence-corrected chi connectivity index (χ3v) is 7.77. The molecule has 1 aliphatic heterocycles. The highest BCUT2D eigenvalue weighted by atomic mass is 16.7. The highest BCUT2D eigenvalue weighted by molar-refractivity contribution is 6.56. The van der Waals surface area contributed by atoms with Crippen molar-refractivity contribution in [3.05, 3.63) is 95.0 Å². The van der Waals surface area contributed by atoms with E-state index in [1.165, 1.54) is 22.3 Å². The molecule has 1 fully saturated rings. The molecule has 0 saturated carbocycles. The van der Waals surface area contributed by atoms with Gasteiger partial charge in [-0.1, -0.05) is 66.7 Å². The second kappa shape index (κ2) is 10.3. The minimum absolute atomic E-state index is 0.000860. The molecule has 5 rings (SSSR count). The number of hydrogen-bond donors (Lipinski definition) is 3. The summed E-state index contributed by atoms with van der Waals surface area (Å²) in [5.74, 6) is 5.50. The first-order valence-corrected chi connectivity index (χ1v) is 12.9. The number of amides is 1. The number of carbonyl (C=O) groups is 1. The Bertz CT molecular complexity index is 1290. The molecule has 1 aliphatic carbocycles. The van der Waals surface area contributed by atoms with Crippen molar-refractivity contribution in [2.24, 2.45) is 5.84 Å². The molecule has 1 amide bonds. The highest BCUT2D eigenvalue weighted by Gasteiger charge is 2.52. The predicted molar refractivity (Wildman–Crippen MR) is 151 cm³/mol. The topological polar surface area (TPSA) is 94.8 Å². The van der Waals surface area contributed by atoms with Crippen molar-refractivity contribution in [1.82, 2.24) is 5.32 Å². The van der Waals surface area contributed by atoms with Crippen molar-refractivity contribution in [3.63, 3.8) is 0 Å². The van der Waals surface area contributed by atoms with Crippen LogP contribution in [0.4, 0.5) is 10.5 Å². The minimum atomic E-state index is -0.610. The molecule has 0 radical (unpaired) electrons. The van der Waals surface area contributed by atoms with Crippen molar-refractivity contribution in [1.29, 1.82) is 0 Å². The second-order valence-electron chi connectivity index (χ2n) is 10.8. The smallest absolute Gasteiger partial charge is 0.449 e. The quantitative estimate of drug-likeness (QED) is 0.220. The van der Waals surface area contributed by atoms with Crippen LogP contribution in [-0.4, -0.2) is 37.6 Å². The van der Waals surface area contributed by atoms with Crippen LogP contribution < -0.4 is 16.6 Å². The van der Waals surface area contributed by atoms with Gasteiger partial charge in [-0.15, -0.1) is 0 Å². The van der Waals surface area contributed by atoms with E-state index in [9.17, 15) is 4.79 Å². The van der Waals surface area contributed by atoms with Crippen LogP contribution >= 0.6 is 0 Å². The Labute approximate surface area is 224 Å². The molecule has 3 aromatic carbocycles. The SMILES string of the molecule is CC1(C)OB(C(=Cc2ccc(NN)cc2)CNC(=O)OCC2c3ccccc3-c3ccccc32)OC1(C)C. The molecular weight excluding hydrogens is 477 g/mol. The Balaban J connectivity index is 1.29. The first kappa shape index (κ1) is 26.0. The van der Waals surface area contributed by atoms with Crippen LogP contribution in [0.5, 0.6) is 0 Å². The van der Waals surface area contributed by atoms with Gasteiger partial charge >= 0.3 is 13.2 Å². The number of fused-ring (bicyclic) bond motifs is 3. The van der Waals surface area contributed by atoms with Crippen LogP contribution in [-0.2, 0) is 14.0 Å². The van der Waals surface area contributed by atoms with Gasteiger partial charge in [-0.25, -0.2) is 4.79 Å². The molecule has 196 valence electrons. The zero-order valence-electron chi connectivity index (χ0n) is 22.3. The van der Waals surface area contributed by atoms with E-state index in [1.54, 1.807) is 0 Å². The van der Waals surface area contributed by atoms with E-state index < -0.39 is 24.4 Å². The molecule has 0 aromatic heterocycles. The van der Waals surface area contributed by atoms with Crippen LogP contribution in [0.1, 0.15) is 50.3 Å². The van der Waals surface area contributed by atoms with Crippen LogP contribution in [0.15, 0.2) is 78.3 Å². The zero-order chi connectivity index (χ0) is 26.9. The largest absolute Gasteiger partial charge is 0.492 e. The molecule has 7 nitrogen and oxygen atoms in total. The van der Waals surface area contributed by atoms with Gasteiger partial charge in [0.05, 0.1) is 11.2 Å². The average Bonchev–Trinajstić information content (AvgIpc) is 3.34. The van der Waals surface area contributed by atoms with Crippen molar-refractivity contribution in [2.75, 3.05) is 18.6 Å². The monoisotopic (exact) mass is 511 g/mol. The van der Waals surface area contributed by atoms with Gasteiger partial charge in [0, 0.05) is 18.2 Å². The number of hydrogen-bond acceptors (Lipinski definition) is 6. The molecule has 1 saturated heterocycles. The molecule has 0 atom stereocenters. The summed E-state index contributed by atoms with van der Waals surface area (Å²) in [4.78, 5) is 12.9. The molecule has 3 aromatic rings. The fourth-order valence-corrected chi connectivity index (χ4v) is 4.91. The third-order valence-electron chi connectivity index (χ3n) is 7.77. The van der Waals surface area contributed by atoms with E-state index in [0.29, 0.717) is 0 Å². The summed E-state index contributed by atoms with van der Waals surface area (Å²) >= 11 is 0. The lowest BCUT2D eigenvalue weighted by atomic mass is 9.77. The lowest BCUT2D eigenvalue weighted by molar-refractivity contribution is 0.00578. The van der Waals surface area contributed by atoms with E-state index in [2.05, 4.69) is 35.0 Å². The molecule has 1 heterocycles. The standard InChI is InChI=1S/C30H34BN3O4/c1-29(2)30(3,4)38-31(37-29)21(17-20-13-15-22(34-32)16-14-20)18-33-28(35)36-19-27-25-11-7-5-9-23(25)24-10-6-8-12-26(24)27/h5-17,27,34H,18-19,32H2,1-4H3,(H,33,35). The number of hydrazine groups is 1. The number of nitrogens with two attached hydrogens (primary N) is 1. The van der Waals surface area contributed by atoms with Crippen molar-refractivity contribution in [3.8, 4) is 11.1 Å². The number of rotatable bonds is 7. The summed E-state index contributed by atoms with van der Waals surface area (Å²) in [6.07, 6.45) is 1.48. The van der Waals surface area contributed by atoms with E-state index in [1.807, 2.05) is 82.3 Å². The van der Waals surface area contributed by atoms with Gasteiger partial charge in [0.2, 0.25) is 0 Å². The van der Waals surface area contributed by atoms with Crippen LogP contribution in [0.25, 0.3) is 17.2 Å². The van der Waals surface area contributed by atoms with Gasteiger partial charge in [0.1, 0.15) is 6.61 Å². The van der Waals surface area contributed by atoms with Crippen LogP contribution in [0.2, 0.25) is 0 Å². The number of carbonyl (C=O) groups excluding carboxylic acids is 1. The molecule has 38 heavy (non-hydrogen) atoms. The van der Waals surface area contributed by atoms with Gasteiger partial charge in [-0.3, -0.25) is 5.84 Å². The van der Waals surface area contributed by atoms with Crippen molar-refractivity contribution >= 4 is 25.0 Å². The number of benzene rings is 3. The number of nitrogen functional groups attached to an aromatic ring is 1. The van der Waals surface area contributed by atoms with E-state index in [-0.39, 0.29) is 19.1 Å². The third kappa shape index (κ3) is 5.07. The second-order valence-corrected chi connectivity index (χ2v) is 10.8.